The number of anilines is 2. The molecule has 10 heteroatoms. The summed E-state index contributed by atoms with van der Waals surface area (Å²) in [6.07, 6.45) is 2.24. The first-order valence-electron chi connectivity index (χ1n) is 10.2. The van der Waals surface area contributed by atoms with Crippen molar-refractivity contribution in [3.63, 3.8) is 0 Å². The number of ether oxygens (including phenoxy) is 2. The van der Waals surface area contributed by atoms with Gasteiger partial charge in [-0.3, -0.25) is 0 Å². The number of nitrogens with one attached hydrogen (secondary N) is 1. The lowest BCUT2D eigenvalue weighted by atomic mass is 9.92. The lowest BCUT2D eigenvalue weighted by Crippen LogP contribution is -2.56. The summed E-state index contributed by atoms with van der Waals surface area (Å²) in [4.78, 5) is 24.3. The highest BCUT2D eigenvalue weighted by Crippen LogP contribution is 2.34. The number of carbonyl (C=O) groups is 1. The smallest absolute Gasteiger partial charge is 0.409 e. The third kappa shape index (κ3) is 4.79. The molecule has 1 saturated carbocycles. The van der Waals surface area contributed by atoms with Crippen molar-refractivity contribution in [3.05, 3.63) is 6.07 Å². The van der Waals surface area contributed by atoms with Crippen LogP contribution in [-0.4, -0.2) is 72.3 Å². The molecule has 0 unspecified atom stereocenters. The maximum atomic E-state index is 13.4. The highest BCUT2D eigenvalue weighted by molar-refractivity contribution is 5.68. The van der Waals surface area contributed by atoms with Crippen LogP contribution in [0.3, 0.4) is 0 Å². The van der Waals surface area contributed by atoms with Gasteiger partial charge < -0.3 is 24.6 Å². The first-order chi connectivity index (χ1) is 13.9. The predicted octanol–water partition coefficient (Wildman–Crippen LogP) is 2.90. The normalized spacial score (nSPS) is 22.3. The number of aromatic nitrogens is 2. The summed E-state index contributed by atoms with van der Waals surface area (Å²) >= 11 is 0. The van der Waals surface area contributed by atoms with Gasteiger partial charge >= 0.3 is 6.09 Å². The van der Waals surface area contributed by atoms with E-state index < -0.39 is 5.92 Å². The van der Waals surface area contributed by atoms with E-state index in [0.29, 0.717) is 43.6 Å². The second kappa shape index (κ2) is 8.16. The van der Waals surface area contributed by atoms with Crippen molar-refractivity contribution in [1.82, 2.24) is 14.9 Å². The molecule has 1 amide bonds. The first-order valence-corrected chi connectivity index (χ1v) is 10.2. The molecule has 0 spiro atoms. The molecule has 160 valence electrons. The molecular weight excluding hydrogens is 384 g/mol. The van der Waals surface area contributed by atoms with Crippen LogP contribution in [0.2, 0.25) is 0 Å². The average Bonchev–Trinajstić information content (AvgIpc) is 3.20. The Morgan fingerprint density at radius 2 is 1.90 bits per heavy atom. The number of methoxy groups -OCH3 is 1. The van der Waals surface area contributed by atoms with Gasteiger partial charge in [0.2, 0.25) is 17.8 Å². The fraction of sp³-hybridized carbons (Fsp3) is 0.737. The molecule has 0 atom stereocenters. The number of rotatable bonds is 5. The van der Waals surface area contributed by atoms with Gasteiger partial charge in [0, 0.05) is 38.0 Å². The Labute approximate surface area is 168 Å². The van der Waals surface area contributed by atoms with Crippen LogP contribution in [0.1, 0.15) is 38.5 Å². The standard InChI is InChI=1S/C19H27F2N5O3/c1-28-18(27)26-11-14(12-26)29-16-10-15(22-13-4-6-19(20,21)7-5-13)23-17(24-16)25-8-2-3-9-25/h10,13-14H,2-9,11-12H2,1H3,(H,22,23,24). The van der Waals surface area contributed by atoms with Crippen molar-refractivity contribution in [3.8, 4) is 5.88 Å². The van der Waals surface area contributed by atoms with Crippen molar-refractivity contribution in [2.24, 2.45) is 0 Å². The molecule has 2 saturated heterocycles. The summed E-state index contributed by atoms with van der Waals surface area (Å²) in [6, 6.07) is 1.68. The van der Waals surface area contributed by atoms with Crippen LogP contribution in [0.25, 0.3) is 0 Å². The lowest BCUT2D eigenvalue weighted by molar-refractivity contribution is -0.0361. The number of halogens is 2. The molecule has 1 aromatic rings. The van der Waals surface area contributed by atoms with E-state index in [-0.39, 0.29) is 31.1 Å². The predicted molar refractivity (Wildman–Crippen MR) is 103 cm³/mol. The summed E-state index contributed by atoms with van der Waals surface area (Å²) in [6.45, 7) is 2.66. The van der Waals surface area contributed by atoms with E-state index in [1.165, 1.54) is 7.11 Å². The van der Waals surface area contributed by atoms with Crippen LogP contribution >= 0.6 is 0 Å². The second-order valence-corrected chi connectivity index (χ2v) is 7.98. The number of hydrogen-bond acceptors (Lipinski definition) is 7. The first kappa shape index (κ1) is 19.9. The van der Waals surface area contributed by atoms with E-state index in [1.807, 2.05) is 0 Å². The van der Waals surface area contributed by atoms with Gasteiger partial charge in [-0.05, 0) is 25.7 Å². The molecule has 3 heterocycles. The van der Waals surface area contributed by atoms with E-state index in [4.69, 9.17) is 9.47 Å². The zero-order valence-corrected chi connectivity index (χ0v) is 16.6. The molecule has 1 N–H and O–H groups in total. The van der Waals surface area contributed by atoms with E-state index in [9.17, 15) is 13.6 Å². The Hall–Kier alpha value is -2.39. The Bertz CT molecular complexity index is 729. The fourth-order valence-electron chi connectivity index (χ4n) is 3.96. The van der Waals surface area contributed by atoms with Gasteiger partial charge in [0.05, 0.1) is 20.2 Å². The number of alkyl halides is 2. The number of hydrogen-bond donors (Lipinski definition) is 1. The summed E-state index contributed by atoms with van der Waals surface area (Å²) in [5.74, 6) is -0.946. The maximum Gasteiger partial charge on any atom is 0.409 e. The van der Waals surface area contributed by atoms with Crippen LogP contribution in [0.15, 0.2) is 6.07 Å². The second-order valence-electron chi connectivity index (χ2n) is 7.98. The maximum absolute atomic E-state index is 13.4. The molecule has 0 radical (unpaired) electrons. The number of amides is 1. The molecule has 3 fully saturated rings. The van der Waals surface area contributed by atoms with Crippen LogP contribution < -0.4 is 15.0 Å². The molecule has 0 bridgehead atoms. The van der Waals surface area contributed by atoms with Crippen molar-refractivity contribution in [2.75, 3.05) is 43.5 Å². The zero-order valence-electron chi connectivity index (χ0n) is 16.6. The molecule has 1 aromatic heterocycles. The Kier molecular flexibility index (Phi) is 5.60. The highest BCUT2D eigenvalue weighted by Gasteiger charge is 2.36. The molecule has 0 aromatic carbocycles. The Morgan fingerprint density at radius 1 is 1.21 bits per heavy atom. The van der Waals surface area contributed by atoms with Crippen LogP contribution in [0.4, 0.5) is 25.3 Å². The van der Waals surface area contributed by atoms with E-state index in [0.717, 1.165) is 25.9 Å². The van der Waals surface area contributed by atoms with Crippen LogP contribution in [0, 0.1) is 0 Å². The number of carbonyl (C=O) groups excluding carboxylic acids is 1. The minimum atomic E-state index is -2.56. The third-order valence-corrected chi connectivity index (χ3v) is 5.72. The molecule has 29 heavy (non-hydrogen) atoms. The van der Waals surface area contributed by atoms with Gasteiger partial charge in [0.25, 0.3) is 0 Å². The summed E-state index contributed by atoms with van der Waals surface area (Å²) in [5.41, 5.74) is 0. The SMILES string of the molecule is COC(=O)N1CC(Oc2cc(NC3CCC(F)(F)CC3)nc(N3CCCC3)n2)C1. The van der Waals surface area contributed by atoms with Crippen molar-refractivity contribution in [2.45, 2.75) is 56.6 Å². The Morgan fingerprint density at radius 3 is 2.55 bits per heavy atom. The van der Waals surface area contributed by atoms with Crippen LogP contribution in [0.5, 0.6) is 5.88 Å². The van der Waals surface area contributed by atoms with Crippen molar-refractivity contribution in [1.29, 1.82) is 0 Å². The minimum Gasteiger partial charge on any atom is -0.470 e. The van der Waals surface area contributed by atoms with Gasteiger partial charge in [-0.25, -0.2) is 13.6 Å². The monoisotopic (exact) mass is 411 g/mol. The third-order valence-electron chi connectivity index (χ3n) is 5.72. The number of likely N-dealkylation sites (tertiary alicyclic amines) is 1. The lowest BCUT2D eigenvalue weighted by Gasteiger charge is -2.37. The van der Waals surface area contributed by atoms with E-state index in [2.05, 4.69) is 20.2 Å². The van der Waals surface area contributed by atoms with E-state index in [1.54, 1.807) is 11.0 Å². The van der Waals surface area contributed by atoms with Crippen LogP contribution in [-0.2, 0) is 4.74 Å². The molecule has 8 nitrogen and oxygen atoms in total. The molecule has 3 aliphatic rings. The largest absolute Gasteiger partial charge is 0.470 e. The summed E-state index contributed by atoms with van der Waals surface area (Å²) in [5, 5.41) is 3.29. The molecule has 4 rings (SSSR count). The topological polar surface area (TPSA) is 79.8 Å². The van der Waals surface area contributed by atoms with Gasteiger partial charge in [0.1, 0.15) is 11.9 Å². The quantitative estimate of drug-likeness (QED) is 0.798. The minimum absolute atomic E-state index is 0.0395. The highest BCUT2D eigenvalue weighted by atomic mass is 19.3. The van der Waals surface area contributed by atoms with Gasteiger partial charge in [-0.1, -0.05) is 0 Å². The van der Waals surface area contributed by atoms with Crippen molar-refractivity contribution < 1.29 is 23.0 Å². The molecular formula is C19H27F2N5O3. The molecule has 1 aliphatic carbocycles. The Balaban J connectivity index is 1.44. The van der Waals surface area contributed by atoms with Gasteiger partial charge in [-0.2, -0.15) is 9.97 Å². The van der Waals surface area contributed by atoms with Gasteiger partial charge in [0.15, 0.2) is 0 Å². The van der Waals surface area contributed by atoms with E-state index >= 15 is 0 Å². The summed E-state index contributed by atoms with van der Waals surface area (Å²) < 4.78 is 37.5. The van der Waals surface area contributed by atoms with Gasteiger partial charge in [-0.15, -0.1) is 0 Å². The molecule has 2 aliphatic heterocycles. The van der Waals surface area contributed by atoms with Crippen molar-refractivity contribution >= 4 is 17.9 Å². The fourth-order valence-corrected chi connectivity index (χ4v) is 3.96. The number of nitrogens with zero attached hydrogens (tertiary/aromatic N) is 4. The zero-order chi connectivity index (χ0) is 20.4. The average molecular weight is 411 g/mol. The summed E-state index contributed by atoms with van der Waals surface area (Å²) in [7, 11) is 1.35.